The number of fused-ring (bicyclic) bond motifs is 1. The Morgan fingerprint density at radius 1 is 1.07 bits per heavy atom. The predicted octanol–water partition coefficient (Wildman–Crippen LogP) is 4.62. The molecule has 1 atom stereocenters. The SMILES string of the molecule is CC(C)(O)c1ccccc1CC[C@@H](SCC1(CC(=O)[O-])CC1)c1cccc(/C=C/c2ccc3ccc(Cl)cc3n2)c1.[K+]. The van der Waals surface area contributed by atoms with E-state index in [0.29, 0.717) is 5.02 Å². The first-order valence-corrected chi connectivity index (χ1v) is 15.5. The van der Waals surface area contributed by atoms with E-state index < -0.39 is 11.6 Å². The maximum absolute atomic E-state index is 11.4. The number of aryl methyl sites for hydroxylation is 1. The fourth-order valence-electron chi connectivity index (χ4n) is 5.34. The fraction of sp³-hybridized carbons (Fsp3) is 0.314. The minimum absolute atomic E-state index is 0. The Morgan fingerprint density at radius 3 is 2.57 bits per heavy atom. The van der Waals surface area contributed by atoms with Crippen molar-refractivity contribution in [2.24, 2.45) is 5.41 Å². The summed E-state index contributed by atoms with van der Waals surface area (Å²) in [6.45, 7) is 3.65. The van der Waals surface area contributed by atoms with Gasteiger partial charge in [-0.15, -0.1) is 0 Å². The van der Waals surface area contributed by atoms with Gasteiger partial charge in [-0.05, 0) is 104 Å². The van der Waals surface area contributed by atoms with Crippen LogP contribution in [0, 0.1) is 5.41 Å². The first kappa shape index (κ1) is 33.4. The summed E-state index contributed by atoms with van der Waals surface area (Å²) in [4.78, 5) is 16.1. The van der Waals surface area contributed by atoms with Gasteiger partial charge in [0, 0.05) is 21.6 Å². The van der Waals surface area contributed by atoms with Crippen molar-refractivity contribution in [1.82, 2.24) is 4.98 Å². The molecule has 1 aliphatic rings. The third-order valence-corrected chi connectivity index (χ3v) is 9.75. The molecule has 7 heteroatoms. The number of nitrogens with zero attached hydrogens (tertiary/aromatic N) is 1. The van der Waals surface area contributed by atoms with Gasteiger partial charge in [-0.1, -0.05) is 78.3 Å². The number of thioether (sulfide) groups is 1. The molecule has 0 amide bonds. The van der Waals surface area contributed by atoms with Gasteiger partial charge in [-0.25, -0.2) is 4.98 Å². The van der Waals surface area contributed by atoms with Gasteiger partial charge in [-0.2, -0.15) is 11.8 Å². The van der Waals surface area contributed by atoms with Crippen LogP contribution in [0.15, 0.2) is 78.9 Å². The standard InChI is InChI=1S/C35H36ClNO3S.K/c1-34(2,40)30-9-4-3-7-25(30)13-17-32(41-23-35(18-19-35)22-33(38)39)27-8-5-6-24(20-27)10-15-29-16-12-26-11-14-28(36)21-31(26)37-29;/h3-12,14-16,20-21,32,40H,13,17-19,22-23H2,1-2H3,(H,38,39);/q;+1/p-1/b15-10+;/t32-;/m1./s1. The van der Waals surface area contributed by atoms with Gasteiger partial charge in [0.25, 0.3) is 0 Å². The number of benzene rings is 3. The summed E-state index contributed by atoms with van der Waals surface area (Å²) < 4.78 is 0. The summed E-state index contributed by atoms with van der Waals surface area (Å²) >= 11 is 8.01. The van der Waals surface area contributed by atoms with Crippen molar-refractivity contribution in [3.05, 3.63) is 112 Å². The molecule has 1 heterocycles. The van der Waals surface area contributed by atoms with Crippen LogP contribution in [0.4, 0.5) is 0 Å². The second kappa shape index (κ2) is 14.5. The zero-order chi connectivity index (χ0) is 29.0. The number of halogens is 1. The van der Waals surface area contributed by atoms with E-state index in [-0.39, 0.29) is 68.5 Å². The summed E-state index contributed by atoms with van der Waals surface area (Å²) in [5.74, 6) is -0.168. The van der Waals surface area contributed by atoms with E-state index in [1.165, 1.54) is 5.56 Å². The Morgan fingerprint density at radius 2 is 1.83 bits per heavy atom. The minimum Gasteiger partial charge on any atom is -0.550 e. The van der Waals surface area contributed by atoms with Gasteiger partial charge in [-0.3, -0.25) is 0 Å². The molecule has 0 spiro atoms. The zero-order valence-corrected chi connectivity index (χ0v) is 29.2. The summed E-state index contributed by atoms with van der Waals surface area (Å²) in [7, 11) is 0. The molecule has 1 fully saturated rings. The van der Waals surface area contributed by atoms with Crippen molar-refractivity contribution in [1.29, 1.82) is 0 Å². The topological polar surface area (TPSA) is 73.2 Å². The number of aromatic nitrogens is 1. The minimum atomic E-state index is -0.963. The molecule has 0 unspecified atom stereocenters. The Bertz CT molecular complexity index is 1580. The smallest absolute Gasteiger partial charge is 0.550 e. The van der Waals surface area contributed by atoms with E-state index in [0.717, 1.165) is 64.7 Å². The normalized spacial score (nSPS) is 15.0. The molecule has 0 bridgehead atoms. The van der Waals surface area contributed by atoms with Crippen molar-refractivity contribution in [2.45, 2.75) is 56.8 Å². The van der Waals surface area contributed by atoms with Gasteiger partial charge in [0.15, 0.2) is 0 Å². The number of carboxylic acids is 1. The third-order valence-electron chi connectivity index (χ3n) is 7.82. The average Bonchev–Trinajstić information content (AvgIpc) is 3.70. The first-order valence-electron chi connectivity index (χ1n) is 14.1. The second-order valence-electron chi connectivity index (χ2n) is 11.7. The van der Waals surface area contributed by atoms with Crippen LogP contribution in [-0.2, 0) is 16.8 Å². The first-order chi connectivity index (χ1) is 19.6. The molecule has 42 heavy (non-hydrogen) atoms. The Kier molecular flexibility index (Phi) is 11.6. The molecule has 4 aromatic rings. The van der Waals surface area contributed by atoms with Crippen LogP contribution in [0.25, 0.3) is 23.1 Å². The van der Waals surface area contributed by atoms with E-state index in [1.54, 1.807) is 0 Å². The second-order valence-corrected chi connectivity index (χ2v) is 13.3. The number of pyridine rings is 1. The quantitative estimate of drug-likeness (QED) is 0.233. The number of aliphatic hydroxyl groups is 1. The van der Waals surface area contributed by atoms with Crippen molar-refractivity contribution in [3.63, 3.8) is 0 Å². The third kappa shape index (κ3) is 9.02. The summed E-state index contributed by atoms with van der Waals surface area (Å²) in [6.07, 6.45) is 7.78. The fourth-order valence-corrected chi connectivity index (χ4v) is 7.08. The Hall–Kier alpha value is -1.48. The summed E-state index contributed by atoms with van der Waals surface area (Å²) in [6, 6.07) is 26.4. The van der Waals surface area contributed by atoms with Crippen LogP contribution in [0.5, 0.6) is 0 Å². The van der Waals surface area contributed by atoms with Crippen LogP contribution >= 0.6 is 23.4 Å². The molecule has 0 aliphatic heterocycles. The number of rotatable bonds is 12. The Balaban J connectivity index is 0.00000405. The van der Waals surface area contributed by atoms with Crippen LogP contribution in [0.1, 0.15) is 72.7 Å². The molecule has 1 saturated carbocycles. The molecule has 1 N–H and O–H groups in total. The summed E-state index contributed by atoms with van der Waals surface area (Å²) in [5, 5.41) is 24.0. The maximum Gasteiger partial charge on any atom is 1.00 e. The zero-order valence-electron chi connectivity index (χ0n) is 24.5. The van der Waals surface area contributed by atoms with Gasteiger partial charge in [0.05, 0.1) is 16.8 Å². The molecule has 3 aromatic carbocycles. The molecule has 4 nitrogen and oxygen atoms in total. The maximum atomic E-state index is 11.4. The molecular weight excluding hydrogens is 589 g/mol. The molecule has 0 radical (unpaired) electrons. The summed E-state index contributed by atoms with van der Waals surface area (Å²) in [5.41, 5.74) is 5.03. The molecule has 5 rings (SSSR count). The molecular formula is C35H35ClKNO3S. The van der Waals surface area contributed by atoms with Crippen LogP contribution in [0.2, 0.25) is 5.02 Å². The molecule has 1 aliphatic carbocycles. The van der Waals surface area contributed by atoms with Crippen molar-refractivity contribution >= 4 is 52.4 Å². The van der Waals surface area contributed by atoms with Gasteiger partial charge in [0.2, 0.25) is 0 Å². The van der Waals surface area contributed by atoms with Crippen LogP contribution in [-0.4, -0.2) is 21.8 Å². The van der Waals surface area contributed by atoms with E-state index in [1.807, 2.05) is 80.2 Å². The van der Waals surface area contributed by atoms with Crippen molar-refractivity contribution in [2.75, 3.05) is 5.75 Å². The Labute approximate surface area is 300 Å². The number of carboxylic acid groups (broad SMARTS) is 1. The monoisotopic (exact) mass is 623 g/mol. The number of carbonyl (C=O) groups excluding carboxylic acids is 1. The average molecular weight is 624 g/mol. The van der Waals surface area contributed by atoms with E-state index in [2.05, 4.69) is 36.4 Å². The number of aliphatic carboxylic acids is 1. The van der Waals surface area contributed by atoms with E-state index in [9.17, 15) is 15.0 Å². The van der Waals surface area contributed by atoms with Crippen LogP contribution < -0.4 is 56.5 Å². The van der Waals surface area contributed by atoms with E-state index in [4.69, 9.17) is 16.6 Å². The molecule has 212 valence electrons. The van der Waals surface area contributed by atoms with Gasteiger partial charge < -0.3 is 15.0 Å². The molecule has 1 aromatic heterocycles. The van der Waals surface area contributed by atoms with E-state index >= 15 is 0 Å². The number of hydrogen-bond acceptors (Lipinski definition) is 5. The van der Waals surface area contributed by atoms with Crippen molar-refractivity contribution < 1.29 is 66.4 Å². The van der Waals surface area contributed by atoms with Crippen molar-refractivity contribution in [3.8, 4) is 0 Å². The molecule has 0 saturated heterocycles. The number of carbonyl (C=O) groups is 1. The largest absolute Gasteiger partial charge is 1.00 e. The van der Waals surface area contributed by atoms with Gasteiger partial charge >= 0.3 is 51.4 Å². The van der Waals surface area contributed by atoms with Gasteiger partial charge in [0.1, 0.15) is 0 Å². The number of hydrogen-bond donors (Lipinski definition) is 1. The van der Waals surface area contributed by atoms with Crippen LogP contribution in [0.3, 0.4) is 0 Å². The predicted molar refractivity (Wildman–Crippen MR) is 169 cm³/mol.